The summed E-state index contributed by atoms with van der Waals surface area (Å²) in [5, 5.41) is 0. The van der Waals surface area contributed by atoms with Gasteiger partial charge in [0.05, 0.1) is 16.8 Å². The van der Waals surface area contributed by atoms with Crippen LogP contribution in [-0.4, -0.2) is 48.6 Å². The molecule has 0 N–H and O–H groups in total. The lowest BCUT2D eigenvalue weighted by Gasteiger charge is -2.39. The van der Waals surface area contributed by atoms with Crippen LogP contribution in [0.15, 0.2) is 18.3 Å². The molecule has 0 atom stereocenters. The van der Waals surface area contributed by atoms with Crippen LogP contribution < -0.4 is 10.4 Å². The topological polar surface area (TPSA) is 43.8 Å². The van der Waals surface area contributed by atoms with E-state index in [0.717, 1.165) is 43.8 Å². The Kier molecular flexibility index (Phi) is 4.13. The standard InChI is InChI=1S/C19H29BN2O3/c1-17(2)18(3,4)25-20(24-17)15-6-10-21-16(14-15)22-11-8-19(9-12-22)7-5-13-23-19/h6,10,14H,5,7-9,11-13H2,1-4H3. The van der Waals surface area contributed by atoms with Gasteiger partial charge in [-0.25, -0.2) is 4.98 Å². The molecule has 0 saturated carbocycles. The Bertz CT molecular complexity index is 617. The second kappa shape index (κ2) is 5.97. The van der Waals surface area contributed by atoms with Gasteiger partial charge in [-0.05, 0) is 71.0 Å². The number of hydrogen-bond donors (Lipinski definition) is 0. The molecule has 5 nitrogen and oxygen atoms in total. The molecule has 1 aromatic heterocycles. The zero-order valence-electron chi connectivity index (χ0n) is 15.9. The van der Waals surface area contributed by atoms with E-state index in [1.807, 2.05) is 12.3 Å². The molecule has 136 valence electrons. The molecule has 3 aliphatic heterocycles. The van der Waals surface area contributed by atoms with E-state index in [1.54, 1.807) is 0 Å². The first kappa shape index (κ1) is 17.3. The molecule has 3 fully saturated rings. The molecule has 0 aliphatic carbocycles. The van der Waals surface area contributed by atoms with Gasteiger partial charge in [0, 0.05) is 25.9 Å². The predicted octanol–water partition coefficient (Wildman–Crippen LogP) is 2.53. The van der Waals surface area contributed by atoms with Crippen LogP contribution in [0.1, 0.15) is 53.4 Å². The van der Waals surface area contributed by atoms with Crippen molar-refractivity contribution in [2.24, 2.45) is 0 Å². The van der Waals surface area contributed by atoms with Gasteiger partial charge in [-0.3, -0.25) is 0 Å². The first-order valence-electron chi connectivity index (χ1n) is 9.51. The van der Waals surface area contributed by atoms with Crippen molar-refractivity contribution in [3.8, 4) is 0 Å². The summed E-state index contributed by atoms with van der Waals surface area (Å²) < 4.78 is 18.4. The zero-order chi connectivity index (χ0) is 17.7. The third kappa shape index (κ3) is 3.09. The highest BCUT2D eigenvalue weighted by Crippen LogP contribution is 2.38. The van der Waals surface area contributed by atoms with Crippen molar-refractivity contribution in [2.45, 2.75) is 70.2 Å². The van der Waals surface area contributed by atoms with Crippen LogP contribution in [0.4, 0.5) is 5.82 Å². The fourth-order valence-corrected chi connectivity index (χ4v) is 4.03. The summed E-state index contributed by atoms with van der Waals surface area (Å²) >= 11 is 0. The van der Waals surface area contributed by atoms with Crippen molar-refractivity contribution in [3.05, 3.63) is 18.3 Å². The van der Waals surface area contributed by atoms with E-state index in [4.69, 9.17) is 14.0 Å². The Hall–Kier alpha value is -1.11. The van der Waals surface area contributed by atoms with E-state index < -0.39 is 0 Å². The molecule has 0 unspecified atom stereocenters. The van der Waals surface area contributed by atoms with Gasteiger partial charge in [-0.15, -0.1) is 0 Å². The molecule has 1 aromatic rings. The molecule has 0 amide bonds. The third-order valence-corrected chi connectivity index (χ3v) is 6.48. The molecule has 4 heterocycles. The van der Waals surface area contributed by atoms with Gasteiger partial charge in [0.2, 0.25) is 0 Å². The van der Waals surface area contributed by atoms with E-state index >= 15 is 0 Å². The van der Waals surface area contributed by atoms with E-state index in [1.165, 1.54) is 12.8 Å². The molecule has 1 spiro atoms. The highest BCUT2D eigenvalue weighted by atomic mass is 16.7. The average molecular weight is 344 g/mol. The predicted molar refractivity (Wildman–Crippen MR) is 99.3 cm³/mol. The Morgan fingerprint density at radius 1 is 1.04 bits per heavy atom. The van der Waals surface area contributed by atoms with Crippen LogP contribution in [0.2, 0.25) is 0 Å². The summed E-state index contributed by atoms with van der Waals surface area (Å²) in [7, 11) is -0.332. The van der Waals surface area contributed by atoms with Crippen molar-refractivity contribution < 1.29 is 14.0 Å². The van der Waals surface area contributed by atoms with E-state index in [-0.39, 0.29) is 23.9 Å². The van der Waals surface area contributed by atoms with Gasteiger partial charge in [0.25, 0.3) is 0 Å². The highest BCUT2D eigenvalue weighted by Gasteiger charge is 2.51. The number of aromatic nitrogens is 1. The lowest BCUT2D eigenvalue weighted by atomic mass is 9.79. The Morgan fingerprint density at radius 3 is 2.32 bits per heavy atom. The number of nitrogens with zero attached hydrogens (tertiary/aromatic N) is 2. The van der Waals surface area contributed by atoms with Crippen LogP contribution in [-0.2, 0) is 14.0 Å². The van der Waals surface area contributed by atoms with Crippen LogP contribution in [0.25, 0.3) is 0 Å². The Balaban J connectivity index is 1.47. The van der Waals surface area contributed by atoms with Crippen molar-refractivity contribution in [2.75, 3.05) is 24.6 Å². The minimum Gasteiger partial charge on any atom is -0.399 e. The summed E-state index contributed by atoms with van der Waals surface area (Å²) in [5.74, 6) is 1.01. The molecule has 3 aliphatic rings. The molecule has 0 radical (unpaired) electrons. The molecular formula is C19H29BN2O3. The summed E-state index contributed by atoms with van der Waals surface area (Å²) in [5.41, 5.74) is 0.539. The number of anilines is 1. The van der Waals surface area contributed by atoms with E-state index in [9.17, 15) is 0 Å². The minimum absolute atomic E-state index is 0.139. The summed E-state index contributed by atoms with van der Waals surface area (Å²) in [6.07, 6.45) is 6.47. The first-order chi connectivity index (χ1) is 11.8. The molecule has 25 heavy (non-hydrogen) atoms. The van der Waals surface area contributed by atoms with Gasteiger partial charge >= 0.3 is 7.12 Å². The molecule has 0 aromatic carbocycles. The van der Waals surface area contributed by atoms with Crippen LogP contribution >= 0.6 is 0 Å². The van der Waals surface area contributed by atoms with Crippen molar-refractivity contribution in [1.82, 2.24) is 4.98 Å². The zero-order valence-corrected chi connectivity index (χ0v) is 15.9. The van der Waals surface area contributed by atoms with Crippen molar-refractivity contribution >= 4 is 18.4 Å². The second-order valence-corrected chi connectivity index (χ2v) is 8.66. The lowest BCUT2D eigenvalue weighted by Crippen LogP contribution is -2.45. The second-order valence-electron chi connectivity index (χ2n) is 8.66. The van der Waals surface area contributed by atoms with Gasteiger partial charge in [-0.2, -0.15) is 0 Å². The van der Waals surface area contributed by atoms with Crippen molar-refractivity contribution in [1.29, 1.82) is 0 Å². The number of rotatable bonds is 2. The SMILES string of the molecule is CC1(C)OB(c2ccnc(N3CCC4(CCCO4)CC3)c2)OC1(C)C. The molecule has 0 bridgehead atoms. The summed E-state index contributed by atoms with van der Waals surface area (Å²) in [6, 6.07) is 4.12. The number of ether oxygens (including phenoxy) is 1. The molecule has 4 rings (SSSR count). The van der Waals surface area contributed by atoms with Crippen molar-refractivity contribution in [3.63, 3.8) is 0 Å². The number of piperidine rings is 1. The highest BCUT2D eigenvalue weighted by molar-refractivity contribution is 6.62. The minimum atomic E-state index is -0.332. The Labute approximate surface area is 151 Å². The van der Waals surface area contributed by atoms with Gasteiger partial charge in [-0.1, -0.05) is 0 Å². The summed E-state index contributed by atoms with van der Waals surface area (Å²) in [4.78, 5) is 6.96. The van der Waals surface area contributed by atoms with Gasteiger partial charge in [0.1, 0.15) is 5.82 Å². The fourth-order valence-electron chi connectivity index (χ4n) is 4.03. The average Bonchev–Trinajstić information content (AvgIpc) is 3.11. The van der Waals surface area contributed by atoms with Crippen LogP contribution in [0.5, 0.6) is 0 Å². The maximum atomic E-state index is 6.18. The Morgan fingerprint density at radius 2 is 1.72 bits per heavy atom. The fraction of sp³-hybridized carbons (Fsp3) is 0.737. The normalized spacial score (nSPS) is 27.2. The molecular weight excluding hydrogens is 315 g/mol. The van der Waals surface area contributed by atoms with Gasteiger partial charge in [0.15, 0.2) is 0 Å². The number of pyridine rings is 1. The first-order valence-corrected chi connectivity index (χ1v) is 9.51. The quantitative estimate of drug-likeness (QED) is 0.772. The number of hydrogen-bond acceptors (Lipinski definition) is 5. The van der Waals surface area contributed by atoms with Crippen LogP contribution in [0.3, 0.4) is 0 Å². The monoisotopic (exact) mass is 344 g/mol. The maximum Gasteiger partial charge on any atom is 0.495 e. The molecule has 6 heteroatoms. The lowest BCUT2D eigenvalue weighted by molar-refractivity contribution is -0.0147. The van der Waals surface area contributed by atoms with Gasteiger partial charge < -0.3 is 18.9 Å². The smallest absolute Gasteiger partial charge is 0.399 e. The maximum absolute atomic E-state index is 6.18. The summed E-state index contributed by atoms with van der Waals surface area (Å²) in [6.45, 7) is 11.3. The van der Waals surface area contributed by atoms with Crippen LogP contribution in [0, 0.1) is 0 Å². The largest absolute Gasteiger partial charge is 0.495 e. The third-order valence-electron chi connectivity index (χ3n) is 6.48. The van der Waals surface area contributed by atoms with E-state index in [0.29, 0.717) is 0 Å². The van der Waals surface area contributed by atoms with E-state index in [2.05, 4.69) is 43.6 Å². The molecule has 3 saturated heterocycles.